The van der Waals surface area contributed by atoms with E-state index in [-0.39, 0.29) is 12.4 Å². The van der Waals surface area contributed by atoms with Crippen molar-refractivity contribution >= 4 is 3.07 Å². The van der Waals surface area contributed by atoms with E-state index in [1.807, 2.05) is 0 Å². The molecule has 0 radical (unpaired) electrons. The maximum Gasteiger partial charge on any atom is -1.00 e. The largest absolute Gasteiger partial charge is 1.00 e. The van der Waals surface area contributed by atoms with Crippen LogP contribution in [0.15, 0.2) is 24.3 Å². The van der Waals surface area contributed by atoms with Gasteiger partial charge in [-0.3, -0.25) is 0 Å². The normalized spacial score (nSPS) is 8.33. The van der Waals surface area contributed by atoms with E-state index in [9.17, 15) is 0 Å². The zero-order valence-electron chi connectivity index (χ0n) is 5.39. The minimum absolute atomic E-state index is 0. The predicted octanol–water partition coefficient (Wildman–Crippen LogP) is -1.83. The quantitative estimate of drug-likeness (QED) is 0.492. The topological polar surface area (TPSA) is 0 Å². The summed E-state index contributed by atoms with van der Waals surface area (Å²) in [5, 5.41) is 0. The fraction of sp³-hybridized carbons (Fsp3) is 0.143. The second-order valence-electron chi connectivity index (χ2n) is 1.99. The van der Waals surface area contributed by atoms with Crippen LogP contribution >= 0.6 is 0 Å². The van der Waals surface area contributed by atoms with Crippen molar-refractivity contribution < 1.29 is 38.5 Å². The van der Waals surface area contributed by atoms with Gasteiger partial charge in [-0.25, -0.2) is 0 Å². The number of rotatable bonds is 0. The van der Waals surface area contributed by atoms with Gasteiger partial charge in [0.1, 0.15) is 0 Å². The Morgan fingerprint density at radius 3 is 1.89 bits per heavy atom. The molecule has 2 heteroatoms. The first-order valence-electron chi connectivity index (χ1n) is 2.67. The third-order valence-electron chi connectivity index (χ3n) is 1.12. The van der Waals surface area contributed by atoms with E-state index < -0.39 is 0 Å². The van der Waals surface area contributed by atoms with E-state index in [1.165, 1.54) is 8.64 Å². The minimum Gasteiger partial charge on any atom is -1.00 e. The third kappa shape index (κ3) is 3.22. The molecule has 0 nitrogen and oxygen atoms in total. The van der Waals surface area contributed by atoms with Crippen LogP contribution < -0.4 is 15.5 Å². The fourth-order valence-electron chi connectivity index (χ4n) is 0.588. The zero-order valence-corrected chi connectivity index (χ0v) is 11.6. The molecule has 44 valence electrons. The van der Waals surface area contributed by atoms with Crippen LogP contribution in [0.5, 0.6) is 0 Å². The number of halogens is 1. The van der Waals surface area contributed by atoms with Crippen molar-refractivity contribution in [1.29, 1.82) is 0 Å². The minimum atomic E-state index is 0. The van der Waals surface area contributed by atoms with E-state index in [1.54, 1.807) is 0 Å². The van der Waals surface area contributed by atoms with E-state index in [2.05, 4.69) is 31.2 Å². The Morgan fingerprint density at radius 2 is 1.56 bits per heavy atom. The van der Waals surface area contributed by atoms with E-state index >= 15 is 0 Å². The molecule has 0 saturated heterocycles. The average Bonchev–Trinajstić information content (AvgIpc) is 1.77. The molecule has 1 rings (SSSR count). The Morgan fingerprint density at radius 1 is 1.11 bits per heavy atom. The van der Waals surface area contributed by atoms with E-state index in [0.717, 1.165) is 26.1 Å². The maximum atomic E-state index is 2.21. The summed E-state index contributed by atoms with van der Waals surface area (Å²) in [5.41, 5.74) is 1.36. The molecule has 0 spiro atoms. The summed E-state index contributed by atoms with van der Waals surface area (Å²) in [5.74, 6) is 0. The molecule has 9 heavy (non-hydrogen) atoms. The molecule has 0 aliphatic carbocycles. The van der Waals surface area contributed by atoms with Gasteiger partial charge in [0.2, 0.25) is 0 Å². The van der Waals surface area contributed by atoms with Crippen molar-refractivity contribution in [3.05, 3.63) is 29.8 Å². The van der Waals surface area contributed by atoms with Gasteiger partial charge >= 0.3 is 65.9 Å². The van der Waals surface area contributed by atoms with Gasteiger partial charge in [-0.05, 0) is 0 Å². The molecule has 1 aromatic rings. The molecular weight excluding hydrogens is 320 g/mol. The number of hydrogen-bond acceptors (Lipinski definition) is 0. The predicted molar refractivity (Wildman–Crippen MR) is 30.8 cm³/mol. The van der Waals surface area contributed by atoms with Gasteiger partial charge in [0, 0.05) is 0 Å². The van der Waals surface area contributed by atoms with Gasteiger partial charge in [-0.2, -0.15) is 0 Å². The molecule has 0 N–H and O–H groups in total. The van der Waals surface area contributed by atoms with Gasteiger partial charge < -0.3 is 12.4 Å². The maximum absolute atomic E-state index is 2.21. The summed E-state index contributed by atoms with van der Waals surface area (Å²) in [6.07, 6.45) is 0. The molecule has 1 aromatic carbocycles. The first-order chi connectivity index (χ1) is 3.79. The second-order valence-corrected chi connectivity index (χ2v) is 5.16. The van der Waals surface area contributed by atoms with Crippen LogP contribution in [0.4, 0.5) is 0 Å². The second kappa shape index (κ2) is 4.29. The van der Waals surface area contributed by atoms with Crippen molar-refractivity contribution in [1.82, 2.24) is 0 Å². The van der Waals surface area contributed by atoms with Crippen molar-refractivity contribution in [2.24, 2.45) is 0 Å². The van der Waals surface area contributed by atoms with Gasteiger partial charge in [-0.15, -0.1) is 0 Å². The van der Waals surface area contributed by atoms with Crippen LogP contribution in [-0.4, -0.2) is 0 Å². The summed E-state index contributed by atoms with van der Waals surface area (Å²) >= 11 is 0.802. The number of hydrogen-bond donors (Lipinski definition) is 0. The molecule has 0 bridgehead atoms. The van der Waals surface area contributed by atoms with Crippen molar-refractivity contribution in [2.45, 2.75) is 6.92 Å². The van der Waals surface area contributed by atoms with E-state index in [0.29, 0.717) is 0 Å². The monoisotopic (exact) mass is 328 g/mol. The molecule has 0 amide bonds. The van der Waals surface area contributed by atoms with Gasteiger partial charge in [0.25, 0.3) is 0 Å². The summed E-state index contributed by atoms with van der Waals surface area (Å²) in [4.78, 5) is 0. The van der Waals surface area contributed by atoms with Gasteiger partial charge in [0.05, 0.1) is 0 Å². The summed E-state index contributed by atoms with van der Waals surface area (Å²) in [6, 6.07) is 8.75. The zero-order chi connectivity index (χ0) is 5.98. The Hall–Kier alpha value is 0.445. The molecule has 0 aliphatic rings. The SMILES string of the molecule is Cc1cc[c]([Hg+])cc1.[Cl-]. The summed E-state index contributed by atoms with van der Waals surface area (Å²) < 4.78 is 1.52. The molecule has 0 unspecified atom stereocenters. The first kappa shape index (κ1) is 9.45. The van der Waals surface area contributed by atoms with Crippen LogP contribution in [0.25, 0.3) is 0 Å². The first-order valence-corrected chi connectivity index (χ1v) is 5.42. The van der Waals surface area contributed by atoms with Crippen molar-refractivity contribution in [3.63, 3.8) is 0 Å². The summed E-state index contributed by atoms with van der Waals surface area (Å²) in [7, 11) is 0. The van der Waals surface area contributed by atoms with Gasteiger partial charge in [-0.1, -0.05) is 0 Å². The standard InChI is InChI=1S/C7H7.ClH.Hg/c1-7-5-3-2-4-6-7;;/h3-6H,1H3;1H;/q;;+1/p-1. The smallest absolute Gasteiger partial charge is 1.00 e. The Labute approximate surface area is 78.0 Å². The van der Waals surface area contributed by atoms with Crippen LogP contribution in [0.3, 0.4) is 0 Å². The van der Waals surface area contributed by atoms with Crippen LogP contribution in [0, 0.1) is 6.92 Å². The number of benzene rings is 1. The Balaban J connectivity index is 0.000000640. The van der Waals surface area contributed by atoms with Crippen LogP contribution in [-0.2, 0) is 26.1 Å². The van der Waals surface area contributed by atoms with Crippen LogP contribution in [0.2, 0.25) is 0 Å². The average molecular weight is 327 g/mol. The third-order valence-corrected chi connectivity index (χ3v) is 2.95. The molecule has 0 aromatic heterocycles. The molecule has 0 heterocycles. The van der Waals surface area contributed by atoms with Crippen molar-refractivity contribution in [2.75, 3.05) is 0 Å². The summed E-state index contributed by atoms with van der Waals surface area (Å²) in [6.45, 7) is 2.12. The molecule has 0 aliphatic heterocycles. The van der Waals surface area contributed by atoms with Crippen molar-refractivity contribution in [3.8, 4) is 0 Å². The fourth-order valence-corrected chi connectivity index (χ4v) is 1.50. The molecule has 0 atom stereocenters. The molecular formula is C7H7ClHg. The Bertz CT molecular complexity index is 148. The van der Waals surface area contributed by atoms with E-state index in [4.69, 9.17) is 0 Å². The van der Waals surface area contributed by atoms with Crippen LogP contribution in [0.1, 0.15) is 5.56 Å². The van der Waals surface area contributed by atoms with Gasteiger partial charge in [0.15, 0.2) is 0 Å². The Kier molecular flexibility index (Phi) is 4.50. The number of aryl methyl sites for hydroxylation is 1. The molecule has 0 saturated carbocycles. The molecule has 0 fully saturated rings.